The lowest BCUT2D eigenvalue weighted by Crippen LogP contribution is -2.29. The van der Waals surface area contributed by atoms with Gasteiger partial charge in [0.2, 0.25) is 5.91 Å². The summed E-state index contributed by atoms with van der Waals surface area (Å²) in [7, 11) is 1.68. The van der Waals surface area contributed by atoms with Crippen LogP contribution in [-0.4, -0.2) is 68.8 Å². The molecule has 2 saturated heterocycles. The van der Waals surface area contributed by atoms with Gasteiger partial charge in [0.1, 0.15) is 19.0 Å². The molecule has 0 unspecified atom stereocenters. The highest BCUT2D eigenvalue weighted by Gasteiger charge is 2.20. The number of amides is 1. The van der Waals surface area contributed by atoms with Gasteiger partial charge in [0.15, 0.2) is 11.5 Å². The van der Waals surface area contributed by atoms with Crippen molar-refractivity contribution in [1.82, 2.24) is 9.80 Å². The van der Waals surface area contributed by atoms with Crippen molar-refractivity contribution in [3.63, 3.8) is 0 Å². The van der Waals surface area contributed by atoms with E-state index in [9.17, 15) is 4.79 Å². The van der Waals surface area contributed by atoms with Gasteiger partial charge in [-0.15, -0.1) is 11.3 Å². The molecule has 0 saturated carbocycles. The van der Waals surface area contributed by atoms with Crippen molar-refractivity contribution in [2.45, 2.75) is 39.0 Å². The predicted octanol–water partition coefficient (Wildman–Crippen LogP) is 6.95. The molecule has 0 radical (unpaired) electrons. The van der Waals surface area contributed by atoms with Gasteiger partial charge >= 0.3 is 0 Å². The van der Waals surface area contributed by atoms with Gasteiger partial charge in [-0.2, -0.15) is 0 Å². The second-order valence-corrected chi connectivity index (χ2v) is 12.4. The van der Waals surface area contributed by atoms with E-state index >= 15 is 0 Å². The number of nitrogens with zero attached hydrogens (tertiary/aromatic N) is 2. The number of carbonyl (C=O) groups excluding carboxylic acids is 1. The van der Waals surface area contributed by atoms with Crippen LogP contribution in [0.3, 0.4) is 0 Å². The maximum atomic E-state index is 11.9. The Morgan fingerprint density at radius 3 is 2.40 bits per heavy atom. The molecule has 0 spiro atoms. The number of aryl methyl sites for hydroxylation is 1. The quantitative estimate of drug-likeness (QED) is 0.180. The monoisotopic (exact) mass is 584 g/mol. The second-order valence-electron chi connectivity index (χ2n) is 11.3. The maximum Gasteiger partial charge on any atom is 0.222 e. The van der Waals surface area contributed by atoms with Crippen LogP contribution >= 0.6 is 11.3 Å². The lowest BCUT2D eigenvalue weighted by Gasteiger charge is -2.17. The standard InChI is InChI=1S/C35H40N2O4S/c1-25-7-13-29-30(23-26-8-14-31(32(24-26)39-2)41-21-19-37-17-5-6-34(37)38)35(42-33(29)22-25)27-9-11-28(12-10-27)40-20-18-36-15-3-4-16-36/h7-14,22,24H,3-6,15-21,23H2,1-2H3. The first-order chi connectivity index (χ1) is 20.6. The summed E-state index contributed by atoms with van der Waals surface area (Å²) in [4.78, 5) is 17.6. The fourth-order valence-corrected chi connectivity index (χ4v) is 7.34. The molecule has 220 valence electrons. The van der Waals surface area contributed by atoms with Crippen LogP contribution in [-0.2, 0) is 11.2 Å². The van der Waals surface area contributed by atoms with E-state index in [0.717, 1.165) is 43.9 Å². The minimum absolute atomic E-state index is 0.217. The number of thiophene rings is 1. The summed E-state index contributed by atoms with van der Waals surface area (Å²) in [5.41, 5.74) is 4.96. The highest BCUT2D eigenvalue weighted by atomic mass is 32.1. The van der Waals surface area contributed by atoms with Crippen LogP contribution in [0.25, 0.3) is 20.5 Å². The number of ether oxygens (including phenoxy) is 3. The van der Waals surface area contributed by atoms with Crippen molar-refractivity contribution in [2.75, 3.05) is 53.0 Å². The minimum atomic E-state index is 0.217. The summed E-state index contributed by atoms with van der Waals surface area (Å²) in [5, 5.41) is 1.29. The van der Waals surface area contributed by atoms with Gasteiger partial charge in [0.05, 0.1) is 13.7 Å². The van der Waals surface area contributed by atoms with E-state index in [2.05, 4.69) is 66.4 Å². The van der Waals surface area contributed by atoms with Crippen molar-refractivity contribution in [1.29, 1.82) is 0 Å². The summed E-state index contributed by atoms with van der Waals surface area (Å²) in [6.07, 6.45) is 4.97. The molecule has 0 bridgehead atoms. The Hall–Kier alpha value is -3.55. The predicted molar refractivity (Wildman–Crippen MR) is 170 cm³/mol. The lowest BCUT2D eigenvalue weighted by atomic mass is 9.98. The van der Waals surface area contributed by atoms with Crippen molar-refractivity contribution in [3.05, 3.63) is 77.4 Å². The van der Waals surface area contributed by atoms with E-state index in [1.807, 2.05) is 22.3 Å². The number of carbonyl (C=O) groups is 1. The fourth-order valence-electron chi connectivity index (χ4n) is 6.02. The van der Waals surface area contributed by atoms with E-state index in [1.165, 1.54) is 57.6 Å². The first-order valence-corrected chi connectivity index (χ1v) is 15.9. The Kier molecular flexibility index (Phi) is 8.96. The number of hydrogen-bond acceptors (Lipinski definition) is 6. The van der Waals surface area contributed by atoms with Crippen LogP contribution in [0.1, 0.15) is 42.4 Å². The SMILES string of the molecule is COc1cc(Cc2c(-c3ccc(OCCN4CCCC4)cc3)sc3cc(C)ccc23)ccc1OCCN1CCCC1=O. The van der Waals surface area contributed by atoms with E-state index in [1.54, 1.807) is 7.11 Å². The van der Waals surface area contributed by atoms with E-state index in [0.29, 0.717) is 31.1 Å². The zero-order valence-corrected chi connectivity index (χ0v) is 25.5. The van der Waals surface area contributed by atoms with Gasteiger partial charge in [-0.05, 0) is 116 Å². The molecule has 4 aromatic rings. The molecule has 1 amide bonds. The molecule has 6 rings (SSSR count). The van der Waals surface area contributed by atoms with Crippen molar-refractivity contribution >= 4 is 27.3 Å². The van der Waals surface area contributed by atoms with Gasteiger partial charge in [0.25, 0.3) is 0 Å². The molecular formula is C35H40N2O4S. The highest BCUT2D eigenvalue weighted by molar-refractivity contribution is 7.22. The Balaban J connectivity index is 1.19. The number of benzene rings is 3. The Labute approximate surface area is 252 Å². The highest BCUT2D eigenvalue weighted by Crippen LogP contribution is 2.41. The molecule has 1 aromatic heterocycles. The van der Waals surface area contributed by atoms with Crippen molar-refractivity contribution < 1.29 is 19.0 Å². The van der Waals surface area contributed by atoms with Gasteiger partial charge in [-0.25, -0.2) is 0 Å². The molecule has 3 heterocycles. The number of likely N-dealkylation sites (tertiary alicyclic amines) is 2. The molecule has 0 aliphatic carbocycles. The smallest absolute Gasteiger partial charge is 0.222 e. The van der Waals surface area contributed by atoms with Crippen molar-refractivity contribution in [3.8, 4) is 27.7 Å². The molecule has 0 atom stereocenters. The molecule has 0 N–H and O–H groups in total. The van der Waals surface area contributed by atoms with E-state index in [4.69, 9.17) is 14.2 Å². The zero-order valence-electron chi connectivity index (χ0n) is 24.7. The number of fused-ring (bicyclic) bond motifs is 1. The average molecular weight is 585 g/mol. The number of methoxy groups -OCH3 is 1. The molecule has 2 aliphatic rings. The second kappa shape index (κ2) is 13.2. The topological polar surface area (TPSA) is 51.2 Å². The van der Waals surface area contributed by atoms with Gasteiger partial charge in [-0.3, -0.25) is 9.69 Å². The number of hydrogen-bond donors (Lipinski definition) is 0. The lowest BCUT2D eigenvalue weighted by molar-refractivity contribution is -0.128. The summed E-state index contributed by atoms with van der Waals surface area (Å²) < 4.78 is 19.1. The first kappa shape index (κ1) is 28.6. The Morgan fingerprint density at radius 2 is 1.64 bits per heavy atom. The normalized spacial score (nSPS) is 15.6. The average Bonchev–Trinajstić information content (AvgIpc) is 3.75. The molecule has 42 heavy (non-hydrogen) atoms. The third-order valence-corrected chi connectivity index (χ3v) is 9.58. The zero-order chi connectivity index (χ0) is 28.9. The molecular weight excluding hydrogens is 544 g/mol. The molecule has 3 aromatic carbocycles. The van der Waals surface area contributed by atoms with Crippen LogP contribution in [0.15, 0.2) is 60.7 Å². The third-order valence-electron chi connectivity index (χ3n) is 8.34. The molecule has 2 fully saturated rings. The summed E-state index contributed by atoms with van der Waals surface area (Å²) >= 11 is 1.85. The molecule has 7 heteroatoms. The fraction of sp³-hybridized carbons (Fsp3) is 0.400. The molecule has 6 nitrogen and oxygen atoms in total. The van der Waals surface area contributed by atoms with Gasteiger partial charge in [-0.1, -0.05) is 18.2 Å². The third kappa shape index (κ3) is 6.58. The van der Waals surface area contributed by atoms with E-state index in [-0.39, 0.29) is 5.91 Å². The summed E-state index contributed by atoms with van der Waals surface area (Å²) in [5.74, 6) is 2.56. The van der Waals surface area contributed by atoms with E-state index < -0.39 is 0 Å². The summed E-state index contributed by atoms with van der Waals surface area (Å²) in [6.45, 7) is 8.14. The van der Waals surface area contributed by atoms with Gasteiger partial charge < -0.3 is 19.1 Å². The van der Waals surface area contributed by atoms with Crippen LogP contribution in [0.5, 0.6) is 17.2 Å². The minimum Gasteiger partial charge on any atom is -0.493 e. The van der Waals surface area contributed by atoms with Crippen LogP contribution in [0, 0.1) is 6.92 Å². The van der Waals surface area contributed by atoms with Gasteiger partial charge in [0, 0.05) is 29.1 Å². The maximum absolute atomic E-state index is 11.9. The summed E-state index contributed by atoms with van der Waals surface area (Å²) in [6, 6.07) is 21.5. The van der Waals surface area contributed by atoms with Crippen molar-refractivity contribution in [2.24, 2.45) is 0 Å². The molecule has 2 aliphatic heterocycles. The Bertz CT molecular complexity index is 1520. The first-order valence-electron chi connectivity index (χ1n) is 15.1. The Morgan fingerprint density at radius 1 is 0.833 bits per heavy atom. The van der Waals surface area contributed by atoms with Crippen LogP contribution < -0.4 is 14.2 Å². The largest absolute Gasteiger partial charge is 0.493 e. The van der Waals surface area contributed by atoms with Crippen LogP contribution in [0.4, 0.5) is 0 Å². The van der Waals surface area contributed by atoms with Crippen LogP contribution in [0.2, 0.25) is 0 Å². The number of rotatable bonds is 12.